The first-order valence-electron chi connectivity index (χ1n) is 9.67. The first-order chi connectivity index (χ1) is 14.7. The summed E-state index contributed by atoms with van der Waals surface area (Å²) in [5.41, 5.74) is 2.64. The molecule has 0 aliphatic carbocycles. The molecule has 0 saturated heterocycles. The van der Waals surface area contributed by atoms with Gasteiger partial charge in [-0.1, -0.05) is 11.2 Å². The normalized spacial score (nSPS) is 11.7. The number of halogens is 1. The zero-order valence-corrected chi connectivity index (χ0v) is 16.5. The number of benzene rings is 1. The second kappa shape index (κ2) is 9.17. The number of nitrogens with zero attached hydrogens (tertiary/aromatic N) is 4. The van der Waals surface area contributed by atoms with Gasteiger partial charge in [0.1, 0.15) is 11.5 Å². The number of aromatic nitrogens is 4. The van der Waals surface area contributed by atoms with Crippen LogP contribution >= 0.6 is 0 Å². The minimum atomic E-state index is -0.235. The van der Waals surface area contributed by atoms with Gasteiger partial charge in [-0.3, -0.25) is 9.98 Å². The third-order valence-corrected chi connectivity index (χ3v) is 4.63. The molecular weight excluding hydrogens is 385 g/mol. The molecule has 1 aromatic carbocycles. The van der Waals surface area contributed by atoms with Crippen LogP contribution in [0.15, 0.2) is 58.3 Å². The van der Waals surface area contributed by atoms with Crippen molar-refractivity contribution in [3.8, 4) is 11.6 Å². The lowest BCUT2D eigenvalue weighted by Crippen LogP contribution is -2.39. The lowest BCUT2D eigenvalue weighted by Gasteiger charge is -2.10. The summed E-state index contributed by atoms with van der Waals surface area (Å²) < 4.78 is 18.8. The Bertz CT molecular complexity index is 1140. The molecule has 0 atom stereocenters. The molecule has 154 valence electrons. The Morgan fingerprint density at radius 3 is 2.83 bits per heavy atom. The lowest BCUT2D eigenvalue weighted by atomic mass is 10.1. The molecule has 3 heterocycles. The van der Waals surface area contributed by atoms with Crippen LogP contribution in [0.5, 0.6) is 0 Å². The SMILES string of the molecule is CN=C(NCCc1noc(-c2ccccn2)n1)NCCc1c[nH]c2ccc(F)cc12. The summed E-state index contributed by atoms with van der Waals surface area (Å²) in [5.74, 6) is 1.44. The number of nitrogens with one attached hydrogen (secondary N) is 3. The average Bonchev–Trinajstić information content (AvgIpc) is 3.40. The van der Waals surface area contributed by atoms with Crippen LogP contribution in [0.3, 0.4) is 0 Å². The molecule has 0 amide bonds. The molecule has 0 aliphatic rings. The number of aromatic amines is 1. The smallest absolute Gasteiger partial charge is 0.276 e. The molecule has 0 saturated carbocycles. The largest absolute Gasteiger partial charge is 0.361 e. The molecule has 0 unspecified atom stereocenters. The number of H-pyrrole nitrogens is 1. The van der Waals surface area contributed by atoms with Crippen molar-refractivity contribution in [3.05, 3.63) is 66.0 Å². The molecule has 3 aromatic heterocycles. The van der Waals surface area contributed by atoms with Gasteiger partial charge < -0.3 is 20.1 Å². The zero-order chi connectivity index (χ0) is 20.8. The van der Waals surface area contributed by atoms with Crippen LogP contribution in [0, 0.1) is 5.82 Å². The summed E-state index contributed by atoms with van der Waals surface area (Å²) in [4.78, 5) is 15.9. The number of hydrogen-bond acceptors (Lipinski definition) is 5. The summed E-state index contributed by atoms with van der Waals surface area (Å²) in [6.07, 6.45) is 4.92. The van der Waals surface area contributed by atoms with Crippen LogP contribution in [0.1, 0.15) is 11.4 Å². The van der Waals surface area contributed by atoms with Gasteiger partial charge >= 0.3 is 0 Å². The molecular formula is C21H22FN7O. The van der Waals surface area contributed by atoms with Crippen LogP contribution in [0.2, 0.25) is 0 Å². The highest BCUT2D eigenvalue weighted by molar-refractivity contribution is 5.83. The molecule has 0 radical (unpaired) electrons. The molecule has 0 fully saturated rings. The highest BCUT2D eigenvalue weighted by atomic mass is 19.1. The van der Waals surface area contributed by atoms with Crippen molar-refractivity contribution >= 4 is 16.9 Å². The van der Waals surface area contributed by atoms with Crippen LogP contribution in [0.4, 0.5) is 4.39 Å². The van der Waals surface area contributed by atoms with E-state index in [9.17, 15) is 4.39 Å². The van der Waals surface area contributed by atoms with Gasteiger partial charge in [-0.15, -0.1) is 0 Å². The maximum Gasteiger partial charge on any atom is 0.276 e. The minimum Gasteiger partial charge on any atom is -0.361 e. The number of aliphatic imine (C=N–C) groups is 1. The van der Waals surface area contributed by atoms with Crippen LogP contribution in [0.25, 0.3) is 22.5 Å². The van der Waals surface area contributed by atoms with Crippen LogP contribution in [-0.4, -0.2) is 46.2 Å². The summed E-state index contributed by atoms with van der Waals surface area (Å²) >= 11 is 0. The number of hydrogen-bond donors (Lipinski definition) is 3. The van der Waals surface area contributed by atoms with E-state index in [1.807, 2.05) is 24.4 Å². The zero-order valence-electron chi connectivity index (χ0n) is 16.5. The monoisotopic (exact) mass is 407 g/mol. The number of rotatable bonds is 7. The van der Waals surface area contributed by atoms with Crippen molar-refractivity contribution in [1.29, 1.82) is 0 Å². The first-order valence-corrected chi connectivity index (χ1v) is 9.67. The van der Waals surface area contributed by atoms with Crippen molar-refractivity contribution in [2.24, 2.45) is 4.99 Å². The number of pyridine rings is 1. The van der Waals surface area contributed by atoms with Gasteiger partial charge in [0.05, 0.1) is 0 Å². The molecule has 0 aliphatic heterocycles. The summed E-state index contributed by atoms with van der Waals surface area (Å²) in [5, 5.41) is 11.4. The van der Waals surface area contributed by atoms with E-state index in [-0.39, 0.29) is 5.82 Å². The molecule has 8 nitrogen and oxygen atoms in total. The van der Waals surface area contributed by atoms with Gasteiger partial charge in [0.25, 0.3) is 5.89 Å². The van der Waals surface area contributed by atoms with Crippen molar-refractivity contribution in [1.82, 2.24) is 30.7 Å². The average molecular weight is 407 g/mol. The predicted molar refractivity (Wildman–Crippen MR) is 113 cm³/mol. The number of fused-ring (bicyclic) bond motifs is 1. The fraction of sp³-hybridized carbons (Fsp3) is 0.238. The quantitative estimate of drug-likeness (QED) is 0.321. The van der Waals surface area contributed by atoms with Gasteiger partial charge in [0.15, 0.2) is 11.8 Å². The maximum atomic E-state index is 13.5. The highest BCUT2D eigenvalue weighted by Gasteiger charge is 2.10. The Hall–Kier alpha value is -3.75. The molecule has 9 heteroatoms. The van der Waals surface area contributed by atoms with Crippen molar-refractivity contribution in [2.45, 2.75) is 12.8 Å². The second-order valence-electron chi connectivity index (χ2n) is 6.66. The van der Waals surface area contributed by atoms with E-state index in [2.05, 4.69) is 35.7 Å². The van der Waals surface area contributed by atoms with E-state index < -0.39 is 0 Å². The van der Waals surface area contributed by atoms with Crippen molar-refractivity contribution in [3.63, 3.8) is 0 Å². The molecule has 3 N–H and O–H groups in total. The van der Waals surface area contributed by atoms with Gasteiger partial charge in [0.2, 0.25) is 0 Å². The Balaban J connectivity index is 1.24. The van der Waals surface area contributed by atoms with E-state index in [4.69, 9.17) is 4.52 Å². The van der Waals surface area contributed by atoms with E-state index in [0.29, 0.717) is 42.9 Å². The van der Waals surface area contributed by atoms with E-state index >= 15 is 0 Å². The summed E-state index contributed by atoms with van der Waals surface area (Å²) in [7, 11) is 1.71. The van der Waals surface area contributed by atoms with Gasteiger partial charge in [-0.2, -0.15) is 4.98 Å². The molecule has 4 rings (SSSR count). The Morgan fingerprint density at radius 1 is 1.17 bits per heavy atom. The Labute approximate surface area is 172 Å². The van der Waals surface area contributed by atoms with Gasteiger partial charge in [0, 0.05) is 49.9 Å². The fourth-order valence-electron chi connectivity index (χ4n) is 3.14. The molecule has 0 spiro atoms. The van der Waals surface area contributed by atoms with Gasteiger partial charge in [-0.05, 0) is 42.3 Å². The van der Waals surface area contributed by atoms with E-state index in [1.54, 1.807) is 25.4 Å². The van der Waals surface area contributed by atoms with Gasteiger partial charge in [-0.25, -0.2) is 4.39 Å². The molecule has 30 heavy (non-hydrogen) atoms. The summed E-state index contributed by atoms with van der Waals surface area (Å²) in [6.45, 7) is 1.26. The molecule has 4 aromatic rings. The van der Waals surface area contributed by atoms with Crippen molar-refractivity contribution < 1.29 is 8.91 Å². The Kier molecular flexibility index (Phi) is 5.98. The van der Waals surface area contributed by atoms with E-state index in [0.717, 1.165) is 22.9 Å². The maximum absolute atomic E-state index is 13.5. The van der Waals surface area contributed by atoms with Crippen LogP contribution in [-0.2, 0) is 12.8 Å². The topological polar surface area (TPSA) is 104 Å². The number of guanidine groups is 1. The standard InChI is InChI=1S/C21H22FN7O/c1-23-21(25-10-7-14-13-27-17-6-5-15(22)12-16(14)17)26-11-8-19-28-20(30-29-19)18-4-2-3-9-24-18/h2-6,9,12-13,27H,7-8,10-11H2,1H3,(H2,23,25,26). The minimum absolute atomic E-state index is 0.235. The lowest BCUT2D eigenvalue weighted by molar-refractivity contribution is 0.421. The third-order valence-electron chi connectivity index (χ3n) is 4.63. The third kappa shape index (κ3) is 4.62. The first kappa shape index (κ1) is 19.6. The molecule has 0 bridgehead atoms. The van der Waals surface area contributed by atoms with Crippen molar-refractivity contribution in [2.75, 3.05) is 20.1 Å². The predicted octanol–water partition coefficient (Wildman–Crippen LogP) is 2.70. The highest BCUT2D eigenvalue weighted by Crippen LogP contribution is 2.19. The summed E-state index contributed by atoms with van der Waals surface area (Å²) in [6, 6.07) is 10.3. The second-order valence-corrected chi connectivity index (χ2v) is 6.66. The van der Waals surface area contributed by atoms with E-state index in [1.165, 1.54) is 6.07 Å². The fourth-order valence-corrected chi connectivity index (χ4v) is 3.14. The Morgan fingerprint density at radius 2 is 2.03 bits per heavy atom. The van der Waals surface area contributed by atoms with Crippen LogP contribution < -0.4 is 10.6 Å².